The lowest BCUT2D eigenvalue weighted by atomic mass is 10.0. The highest BCUT2D eigenvalue weighted by atomic mass is 16.5. The van der Waals surface area contributed by atoms with E-state index in [0.717, 1.165) is 32.1 Å². The van der Waals surface area contributed by atoms with Crippen LogP contribution in [0.25, 0.3) is 0 Å². The number of benzene rings is 1. The fourth-order valence-corrected chi connectivity index (χ4v) is 3.18. The number of rotatable bonds is 11. The molecule has 0 saturated heterocycles. The molecular formula is C21H27N3O6. The van der Waals surface area contributed by atoms with E-state index in [1.165, 1.54) is 31.6 Å². The van der Waals surface area contributed by atoms with Crippen LogP contribution in [0.4, 0.5) is 5.82 Å². The number of imidazole rings is 1. The van der Waals surface area contributed by atoms with Gasteiger partial charge in [0, 0.05) is 12.2 Å². The van der Waals surface area contributed by atoms with Gasteiger partial charge in [-0.1, -0.05) is 38.7 Å². The van der Waals surface area contributed by atoms with Gasteiger partial charge in [0.1, 0.15) is 11.3 Å². The quantitative estimate of drug-likeness (QED) is 0.376. The average molecular weight is 417 g/mol. The predicted octanol–water partition coefficient (Wildman–Crippen LogP) is 3.61. The number of unbranched alkanes of at least 4 members (excludes halogenated alkanes) is 3. The molecule has 1 atom stereocenters. The van der Waals surface area contributed by atoms with Crippen molar-refractivity contribution in [1.29, 1.82) is 0 Å². The molecule has 1 aromatic heterocycles. The van der Waals surface area contributed by atoms with Crippen LogP contribution in [-0.2, 0) is 9.53 Å². The van der Waals surface area contributed by atoms with Gasteiger partial charge in [-0.25, -0.2) is 9.78 Å². The lowest BCUT2D eigenvalue weighted by Crippen LogP contribution is -2.17. The van der Waals surface area contributed by atoms with Crippen LogP contribution >= 0.6 is 0 Å². The Balaban J connectivity index is 2.15. The Hall–Kier alpha value is -3.36. The zero-order valence-corrected chi connectivity index (χ0v) is 17.1. The van der Waals surface area contributed by atoms with Crippen LogP contribution in [0.5, 0.6) is 5.75 Å². The second-order valence-corrected chi connectivity index (χ2v) is 6.95. The summed E-state index contributed by atoms with van der Waals surface area (Å²) < 4.78 is 6.53. The van der Waals surface area contributed by atoms with Crippen molar-refractivity contribution in [1.82, 2.24) is 9.55 Å². The highest BCUT2D eigenvalue weighted by molar-refractivity contribution is 6.11. The van der Waals surface area contributed by atoms with E-state index in [9.17, 15) is 24.6 Å². The number of aromatic carboxylic acids is 1. The number of hydrogen-bond donors (Lipinski definition) is 3. The van der Waals surface area contributed by atoms with Gasteiger partial charge >= 0.3 is 11.9 Å². The fourth-order valence-electron chi connectivity index (χ4n) is 3.18. The van der Waals surface area contributed by atoms with Gasteiger partial charge in [0.15, 0.2) is 5.82 Å². The predicted molar refractivity (Wildman–Crippen MR) is 110 cm³/mol. The largest absolute Gasteiger partial charge is 0.507 e. The highest BCUT2D eigenvalue weighted by Crippen LogP contribution is 2.24. The van der Waals surface area contributed by atoms with Gasteiger partial charge in [0.2, 0.25) is 0 Å². The van der Waals surface area contributed by atoms with Crippen LogP contribution in [0.2, 0.25) is 0 Å². The van der Waals surface area contributed by atoms with Gasteiger partial charge in [-0.2, -0.15) is 0 Å². The first-order valence-electron chi connectivity index (χ1n) is 9.84. The number of aromatic nitrogens is 2. The summed E-state index contributed by atoms with van der Waals surface area (Å²) in [6.45, 7) is 2.12. The molecule has 1 unspecified atom stereocenters. The number of amides is 1. The number of anilines is 1. The minimum atomic E-state index is -1.41. The van der Waals surface area contributed by atoms with E-state index >= 15 is 0 Å². The molecule has 0 fully saturated rings. The Morgan fingerprint density at radius 2 is 2.00 bits per heavy atom. The van der Waals surface area contributed by atoms with E-state index in [1.54, 1.807) is 10.8 Å². The second-order valence-electron chi connectivity index (χ2n) is 6.95. The van der Waals surface area contributed by atoms with E-state index in [4.69, 9.17) is 4.74 Å². The average Bonchev–Trinajstić information content (AvgIpc) is 3.17. The molecular weight excluding hydrogens is 390 g/mol. The number of esters is 1. The Morgan fingerprint density at radius 1 is 1.23 bits per heavy atom. The molecule has 1 amide bonds. The first-order chi connectivity index (χ1) is 14.4. The molecule has 9 heteroatoms. The van der Waals surface area contributed by atoms with Crippen molar-refractivity contribution in [2.45, 2.75) is 51.5 Å². The third kappa shape index (κ3) is 6.07. The molecule has 1 aromatic carbocycles. The second kappa shape index (κ2) is 11.0. The smallest absolute Gasteiger partial charge is 0.340 e. The van der Waals surface area contributed by atoms with Gasteiger partial charge in [-0.05, 0) is 18.6 Å². The normalized spacial score (nSPS) is 11.7. The summed E-state index contributed by atoms with van der Waals surface area (Å²) in [5, 5.41) is 21.6. The van der Waals surface area contributed by atoms with Crippen molar-refractivity contribution in [3.63, 3.8) is 0 Å². The van der Waals surface area contributed by atoms with Gasteiger partial charge in [0.05, 0.1) is 25.4 Å². The van der Waals surface area contributed by atoms with Crippen LogP contribution in [-0.4, -0.2) is 44.7 Å². The van der Waals surface area contributed by atoms with Gasteiger partial charge < -0.3 is 24.8 Å². The van der Waals surface area contributed by atoms with Gasteiger partial charge in [-0.3, -0.25) is 9.59 Å². The monoisotopic (exact) mass is 417 g/mol. The fraction of sp³-hybridized carbons (Fsp3) is 0.429. The number of carbonyl (C=O) groups excluding carboxylic acids is 2. The molecule has 0 radical (unpaired) electrons. The van der Waals surface area contributed by atoms with Crippen LogP contribution in [0.3, 0.4) is 0 Å². The maximum absolute atomic E-state index is 12.5. The lowest BCUT2D eigenvalue weighted by molar-refractivity contribution is -0.141. The zero-order valence-electron chi connectivity index (χ0n) is 17.1. The third-order valence-electron chi connectivity index (χ3n) is 4.79. The lowest BCUT2D eigenvalue weighted by Gasteiger charge is -2.17. The van der Waals surface area contributed by atoms with Crippen LogP contribution in [0, 0.1) is 0 Å². The number of aromatic hydroxyl groups is 1. The standard InChI is InChI=1S/C21H27N3O6/c1-3-4-5-6-8-14(11-18(26)30-2)24-12-17(22-13-24)23-20(27)15-9-7-10-16(25)19(15)21(28)29/h7,9-10,12-14,25H,3-6,8,11H2,1-2H3,(H,23,27)(H,28,29). The number of carbonyl (C=O) groups is 3. The minimum absolute atomic E-state index is 0.164. The van der Waals surface area contributed by atoms with Crippen molar-refractivity contribution in [2.24, 2.45) is 0 Å². The first-order valence-corrected chi connectivity index (χ1v) is 9.84. The topological polar surface area (TPSA) is 131 Å². The molecule has 2 rings (SSSR count). The molecule has 2 aromatic rings. The molecule has 0 saturated carbocycles. The Labute approximate surface area is 174 Å². The van der Waals surface area contributed by atoms with E-state index < -0.39 is 23.2 Å². The Morgan fingerprint density at radius 3 is 2.67 bits per heavy atom. The molecule has 1 heterocycles. The molecule has 0 spiro atoms. The maximum atomic E-state index is 12.5. The van der Waals surface area contributed by atoms with Crippen LogP contribution in [0.1, 0.15) is 72.2 Å². The molecule has 0 aliphatic heterocycles. The number of nitrogens with one attached hydrogen (secondary N) is 1. The Kier molecular flexibility index (Phi) is 8.40. The summed E-state index contributed by atoms with van der Waals surface area (Å²) >= 11 is 0. The van der Waals surface area contributed by atoms with Crippen molar-refractivity contribution >= 4 is 23.7 Å². The summed E-state index contributed by atoms with van der Waals surface area (Å²) in [6, 6.07) is 3.73. The SMILES string of the molecule is CCCCCCC(CC(=O)OC)n1cnc(NC(=O)c2cccc(O)c2C(=O)O)c1. The molecule has 30 heavy (non-hydrogen) atoms. The molecule has 0 bridgehead atoms. The number of ether oxygens (including phenoxy) is 1. The van der Waals surface area contributed by atoms with E-state index in [-0.39, 0.29) is 29.8 Å². The minimum Gasteiger partial charge on any atom is -0.507 e. The van der Waals surface area contributed by atoms with Crippen LogP contribution in [0.15, 0.2) is 30.7 Å². The van der Waals surface area contributed by atoms with Crippen molar-refractivity contribution in [3.05, 3.63) is 41.9 Å². The third-order valence-corrected chi connectivity index (χ3v) is 4.79. The number of nitrogens with zero attached hydrogens (tertiary/aromatic N) is 2. The molecule has 0 aliphatic carbocycles. The summed E-state index contributed by atoms with van der Waals surface area (Å²) in [4.78, 5) is 39.8. The van der Waals surface area contributed by atoms with Crippen molar-refractivity contribution in [2.75, 3.05) is 12.4 Å². The first kappa shape index (κ1) is 22.9. The molecule has 0 aliphatic rings. The highest BCUT2D eigenvalue weighted by Gasteiger charge is 2.22. The van der Waals surface area contributed by atoms with Gasteiger partial charge in [-0.15, -0.1) is 0 Å². The van der Waals surface area contributed by atoms with Crippen molar-refractivity contribution in [3.8, 4) is 5.75 Å². The van der Waals surface area contributed by atoms with Crippen LogP contribution < -0.4 is 5.32 Å². The molecule has 3 N–H and O–H groups in total. The van der Waals surface area contributed by atoms with E-state index in [2.05, 4.69) is 17.2 Å². The summed E-state index contributed by atoms with van der Waals surface area (Å²) in [5.74, 6) is -2.73. The summed E-state index contributed by atoms with van der Waals surface area (Å²) in [5.41, 5.74) is -0.656. The maximum Gasteiger partial charge on any atom is 0.340 e. The summed E-state index contributed by atoms with van der Waals surface area (Å²) in [7, 11) is 1.34. The number of methoxy groups -OCH3 is 1. The van der Waals surface area contributed by atoms with E-state index in [0.29, 0.717) is 0 Å². The summed E-state index contributed by atoms with van der Waals surface area (Å²) in [6.07, 6.45) is 8.28. The molecule has 162 valence electrons. The zero-order chi connectivity index (χ0) is 22.1. The number of phenols is 1. The van der Waals surface area contributed by atoms with E-state index in [1.807, 2.05) is 0 Å². The van der Waals surface area contributed by atoms with Crippen molar-refractivity contribution < 1.29 is 29.3 Å². The number of carboxylic acid groups (broad SMARTS) is 1. The van der Waals surface area contributed by atoms with Gasteiger partial charge in [0.25, 0.3) is 5.91 Å². The number of carboxylic acids is 1. The molecule has 9 nitrogen and oxygen atoms in total. The number of hydrogen-bond acceptors (Lipinski definition) is 6. The Bertz CT molecular complexity index is 893.